The molecule has 1 rings (SSSR count). The Labute approximate surface area is 67.3 Å². The van der Waals surface area contributed by atoms with Crippen LogP contribution in [0.5, 0.6) is 0 Å². The molecule has 1 saturated heterocycles. The Balaban J connectivity index is 2.47. The van der Waals surface area contributed by atoms with Crippen molar-refractivity contribution in [3.05, 3.63) is 0 Å². The van der Waals surface area contributed by atoms with E-state index in [9.17, 15) is 4.79 Å². The monoisotopic (exact) mass is 158 g/mol. The Morgan fingerprint density at radius 3 is 2.82 bits per heavy atom. The van der Waals surface area contributed by atoms with Crippen LogP contribution >= 0.6 is 0 Å². The first kappa shape index (κ1) is 8.53. The number of methoxy groups -OCH3 is 1. The highest BCUT2D eigenvalue weighted by Gasteiger charge is 2.29. The molecule has 11 heavy (non-hydrogen) atoms. The number of hydrogen-bond acceptors (Lipinski definition) is 2. The number of nitrogens with one attached hydrogen (secondary N) is 1. The van der Waals surface area contributed by atoms with Gasteiger partial charge < -0.3 is 9.64 Å². The number of piperidine rings is 1. The average molecular weight is 158 g/mol. The minimum absolute atomic E-state index is 0.0535. The lowest BCUT2D eigenvalue weighted by atomic mass is 10.0. The second-order valence-corrected chi connectivity index (χ2v) is 3.17. The molecule has 1 heterocycles. The fourth-order valence-electron chi connectivity index (χ4n) is 1.63. The van der Waals surface area contributed by atoms with Crippen molar-refractivity contribution in [1.82, 2.24) is 0 Å². The minimum Gasteiger partial charge on any atom is -0.465 e. The molecule has 0 aromatic heterocycles. The van der Waals surface area contributed by atoms with Gasteiger partial charge in [-0.25, -0.2) is 4.79 Å². The first-order valence-corrected chi connectivity index (χ1v) is 4.16. The van der Waals surface area contributed by atoms with Gasteiger partial charge in [-0.15, -0.1) is 0 Å². The summed E-state index contributed by atoms with van der Waals surface area (Å²) >= 11 is 0. The largest absolute Gasteiger partial charge is 0.465 e. The summed E-state index contributed by atoms with van der Waals surface area (Å²) in [6, 6.07) is 0.0914. The highest BCUT2D eigenvalue weighted by molar-refractivity contribution is 5.74. The van der Waals surface area contributed by atoms with Gasteiger partial charge in [-0.2, -0.15) is 0 Å². The molecular formula is C8H16NO2+. The third-order valence-corrected chi connectivity index (χ3v) is 2.39. The van der Waals surface area contributed by atoms with Crippen LogP contribution in [0.3, 0.4) is 0 Å². The van der Waals surface area contributed by atoms with Gasteiger partial charge in [0, 0.05) is 6.42 Å². The van der Waals surface area contributed by atoms with E-state index >= 15 is 0 Å². The molecule has 2 atom stereocenters. The van der Waals surface area contributed by atoms with Crippen LogP contribution in [0, 0.1) is 0 Å². The number of carbonyl (C=O) groups is 1. The quantitative estimate of drug-likeness (QED) is 0.508. The molecule has 3 nitrogen and oxygen atoms in total. The maximum Gasteiger partial charge on any atom is 0.364 e. The molecule has 0 saturated carbocycles. The van der Waals surface area contributed by atoms with Gasteiger partial charge in [0.05, 0.1) is 20.7 Å². The normalized spacial score (nSPS) is 31.5. The number of likely N-dealkylation sites (tertiary alicyclic amines) is 1. The lowest BCUT2D eigenvalue weighted by molar-refractivity contribution is -0.902. The fourth-order valence-corrected chi connectivity index (χ4v) is 1.63. The summed E-state index contributed by atoms with van der Waals surface area (Å²) in [5.41, 5.74) is 0. The van der Waals surface area contributed by atoms with Crippen molar-refractivity contribution in [2.45, 2.75) is 25.3 Å². The minimum atomic E-state index is -0.0535. The smallest absolute Gasteiger partial charge is 0.364 e. The first-order chi connectivity index (χ1) is 5.25. The number of quaternary nitrogens is 1. The lowest BCUT2D eigenvalue weighted by Crippen LogP contribution is -3.15. The molecular weight excluding hydrogens is 142 g/mol. The van der Waals surface area contributed by atoms with Crippen LogP contribution < -0.4 is 4.90 Å². The predicted octanol–water partition coefficient (Wildman–Crippen LogP) is -0.773. The molecule has 0 aromatic carbocycles. The summed E-state index contributed by atoms with van der Waals surface area (Å²) in [5, 5.41) is 0. The molecule has 1 unspecified atom stereocenters. The summed E-state index contributed by atoms with van der Waals surface area (Å²) in [5.74, 6) is -0.0535. The van der Waals surface area contributed by atoms with Crippen molar-refractivity contribution in [2.75, 3.05) is 20.7 Å². The van der Waals surface area contributed by atoms with Crippen LogP contribution in [0.2, 0.25) is 0 Å². The number of carbonyl (C=O) groups excluding carboxylic acids is 1. The van der Waals surface area contributed by atoms with E-state index in [1.807, 2.05) is 0 Å². The molecule has 64 valence electrons. The number of ether oxygens (including phenoxy) is 1. The Hall–Kier alpha value is -0.570. The molecule has 0 amide bonds. The van der Waals surface area contributed by atoms with Crippen LogP contribution in [0.1, 0.15) is 19.3 Å². The number of rotatable bonds is 1. The maximum atomic E-state index is 11.1. The van der Waals surface area contributed by atoms with Gasteiger partial charge in [-0.05, 0) is 12.8 Å². The van der Waals surface area contributed by atoms with Crippen molar-refractivity contribution in [3.63, 3.8) is 0 Å². The van der Waals surface area contributed by atoms with Gasteiger partial charge in [0.15, 0.2) is 6.04 Å². The van der Waals surface area contributed by atoms with Crippen LogP contribution in [-0.4, -0.2) is 32.7 Å². The Bertz CT molecular complexity index is 147. The molecule has 1 fully saturated rings. The average Bonchev–Trinajstić information content (AvgIpc) is 2.04. The fraction of sp³-hybridized carbons (Fsp3) is 0.875. The van der Waals surface area contributed by atoms with Crippen molar-refractivity contribution in [3.8, 4) is 0 Å². The van der Waals surface area contributed by atoms with E-state index in [2.05, 4.69) is 7.05 Å². The van der Waals surface area contributed by atoms with Gasteiger partial charge in [0.25, 0.3) is 0 Å². The summed E-state index contributed by atoms with van der Waals surface area (Å²) in [6.45, 7) is 1.10. The highest BCUT2D eigenvalue weighted by atomic mass is 16.5. The number of likely N-dealkylation sites (N-methyl/N-ethyl adjacent to an activating group) is 1. The summed E-state index contributed by atoms with van der Waals surface area (Å²) in [6.07, 6.45) is 3.38. The third kappa shape index (κ3) is 1.93. The van der Waals surface area contributed by atoms with E-state index in [1.165, 1.54) is 18.4 Å². The molecule has 0 radical (unpaired) electrons. The standard InChI is InChI=1S/C8H15NO2/c1-9-6-4-3-5-7(9)8(10)11-2/h7H,3-6H2,1-2H3/p+1/t7-/m1/s1. The van der Waals surface area contributed by atoms with E-state index in [-0.39, 0.29) is 12.0 Å². The molecule has 1 aliphatic rings. The molecule has 0 bridgehead atoms. The SMILES string of the molecule is COC(=O)[C@H]1CCCC[NH+]1C. The van der Waals surface area contributed by atoms with E-state index < -0.39 is 0 Å². The van der Waals surface area contributed by atoms with E-state index in [0.717, 1.165) is 19.4 Å². The van der Waals surface area contributed by atoms with Crippen LogP contribution in [0.25, 0.3) is 0 Å². The van der Waals surface area contributed by atoms with Crippen molar-refractivity contribution < 1.29 is 14.4 Å². The van der Waals surface area contributed by atoms with Gasteiger partial charge in [0.2, 0.25) is 0 Å². The van der Waals surface area contributed by atoms with Gasteiger partial charge in [-0.1, -0.05) is 0 Å². The van der Waals surface area contributed by atoms with Gasteiger partial charge >= 0.3 is 5.97 Å². The second-order valence-electron chi connectivity index (χ2n) is 3.17. The Kier molecular flexibility index (Phi) is 2.88. The molecule has 1 N–H and O–H groups in total. The zero-order valence-electron chi connectivity index (χ0n) is 7.22. The Morgan fingerprint density at radius 1 is 1.55 bits per heavy atom. The van der Waals surface area contributed by atoms with Gasteiger partial charge in [0.1, 0.15) is 0 Å². The maximum absolute atomic E-state index is 11.1. The topological polar surface area (TPSA) is 30.7 Å². The second kappa shape index (κ2) is 3.72. The molecule has 0 aliphatic carbocycles. The Morgan fingerprint density at radius 2 is 2.27 bits per heavy atom. The molecule has 3 heteroatoms. The summed E-state index contributed by atoms with van der Waals surface area (Å²) < 4.78 is 4.70. The zero-order valence-corrected chi connectivity index (χ0v) is 7.22. The molecule has 0 aromatic rings. The number of esters is 1. The third-order valence-electron chi connectivity index (χ3n) is 2.39. The van der Waals surface area contributed by atoms with E-state index in [0.29, 0.717) is 0 Å². The molecule has 0 spiro atoms. The van der Waals surface area contributed by atoms with Crippen LogP contribution in [0.4, 0.5) is 0 Å². The van der Waals surface area contributed by atoms with Crippen LogP contribution in [0.15, 0.2) is 0 Å². The van der Waals surface area contributed by atoms with E-state index in [1.54, 1.807) is 0 Å². The number of hydrogen-bond donors (Lipinski definition) is 1. The molecule has 1 aliphatic heterocycles. The van der Waals surface area contributed by atoms with E-state index in [4.69, 9.17) is 4.74 Å². The summed E-state index contributed by atoms with van der Waals surface area (Å²) in [4.78, 5) is 12.4. The highest BCUT2D eigenvalue weighted by Crippen LogP contribution is 2.03. The predicted molar refractivity (Wildman–Crippen MR) is 41.4 cm³/mol. The van der Waals surface area contributed by atoms with Crippen molar-refractivity contribution >= 4 is 5.97 Å². The van der Waals surface area contributed by atoms with Crippen LogP contribution in [-0.2, 0) is 9.53 Å². The van der Waals surface area contributed by atoms with Crippen molar-refractivity contribution in [1.29, 1.82) is 0 Å². The van der Waals surface area contributed by atoms with Crippen molar-refractivity contribution in [2.24, 2.45) is 0 Å². The lowest BCUT2D eigenvalue weighted by Gasteiger charge is -2.26. The van der Waals surface area contributed by atoms with Gasteiger partial charge in [-0.3, -0.25) is 0 Å². The summed E-state index contributed by atoms with van der Waals surface area (Å²) in [7, 11) is 3.52. The zero-order chi connectivity index (χ0) is 8.27. The first-order valence-electron chi connectivity index (χ1n) is 4.16.